The Morgan fingerprint density at radius 3 is 2.67 bits per heavy atom. The van der Waals surface area contributed by atoms with Gasteiger partial charge in [-0.1, -0.05) is 18.2 Å². The fourth-order valence-electron chi connectivity index (χ4n) is 2.08. The molecule has 1 atom stereocenters. The van der Waals surface area contributed by atoms with E-state index in [4.69, 9.17) is 8.92 Å². The van der Waals surface area contributed by atoms with Crippen LogP contribution in [0.5, 0.6) is 5.75 Å². The quantitative estimate of drug-likeness (QED) is 0.601. The predicted octanol–water partition coefficient (Wildman–Crippen LogP) is 1.11. The van der Waals surface area contributed by atoms with E-state index in [0.717, 1.165) is 6.26 Å². The van der Waals surface area contributed by atoms with Gasteiger partial charge < -0.3 is 13.8 Å². The average Bonchev–Trinajstić information content (AvgIpc) is 2.41. The first-order valence-corrected chi connectivity index (χ1v) is 8.23. The van der Waals surface area contributed by atoms with E-state index in [-0.39, 0.29) is 11.7 Å². The molecular weight excluding hydrogens is 294 g/mol. The van der Waals surface area contributed by atoms with E-state index >= 15 is 0 Å². The van der Waals surface area contributed by atoms with E-state index in [0.29, 0.717) is 25.3 Å². The molecule has 21 heavy (non-hydrogen) atoms. The number of carbonyl (C=O) groups is 1. The van der Waals surface area contributed by atoms with E-state index in [9.17, 15) is 13.2 Å². The number of hydrogen-bond donors (Lipinski definition) is 0. The second-order valence-electron chi connectivity index (χ2n) is 4.68. The van der Waals surface area contributed by atoms with Crippen LogP contribution in [-0.2, 0) is 19.6 Å². The molecule has 1 aliphatic heterocycles. The highest BCUT2D eigenvalue weighted by Crippen LogP contribution is 2.25. The lowest BCUT2D eigenvalue weighted by molar-refractivity contribution is -0.152. The summed E-state index contributed by atoms with van der Waals surface area (Å²) < 4.78 is 32.3. The molecule has 114 valence electrons. The molecule has 0 aromatic heterocycles. The molecule has 1 unspecified atom stereocenters. The summed E-state index contributed by atoms with van der Waals surface area (Å²) in [7, 11) is -3.56. The van der Waals surface area contributed by atoms with Gasteiger partial charge in [0.25, 0.3) is 5.91 Å². The summed E-state index contributed by atoms with van der Waals surface area (Å²) in [6, 6.07) is 6.25. The zero-order valence-corrected chi connectivity index (χ0v) is 12.5. The number of morpholine rings is 1. The Hall–Kier alpha value is -1.86. The van der Waals surface area contributed by atoms with Crippen LogP contribution in [0.15, 0.2) is 36.9 Å². The van der Waals surface area contributed by atoms with Crippen molar-refractivity contribution >= 4 is 16.0 Å². The Morgan fingerprint density at radius 1 is 1.43 bits per heavy atom. The maximum absolute atomic E-state index is 12.3. The molecule has 0 N–H and O–H groups in total. The highest BCUT2D eigenvalue weighted by molar-refractivity contribution is 7.86. The molecule has 1 heterocycles. The smallest absolute Gasteiger partial charge is 0.306 e. The number of carbonyl (C=O) groups excluding carboxylic acids is 1. The Bertz CT molecular complexity index is 623. The van der Waals surface area contributed by atoms with Crippen molar-refractivity contribution in [2.24, 2.45) is 0 Å². The summed E-state index contributed by atoms with van der Waals surface area (Å²) in [5.74, 6) is 0.0744. The van der Waals surface area contributed by atoms with Crippen molar-refractivity contribution in [1.82, 2.24) is 4.90 Å². The van der Waals surface area contributed by atoms with Crippen molar-refractivity contribution in [3.8, 4) is 5.75 Å². The van der Waals surface area contributed by atoms with Crippen LogP contribution in [0.1, 0.15) is 11.7 Å². The summed E-state index contributed by atoms with van der Waals surface area (Å²) in [5.41, 5.74) is 0.662. The van der Waals surface area contributed by atoms with Crippen LogP contribution in [0, 0.1) is 0 Å². The van der Waals surface area contributed by atoms with Crippen LogP contribution < -0.4 is 4.18 Å². The van der Waals surface area contributed by atoms with E-state index in [1.807, 2.05) is 0 Å². The highest BCUT2D eigenvalue weighted by atomic mass is 32.2. The molecule has 2 rings (SSSR count). The lowest BCUT2D eigenvalue weighted by Crippen LogP contribution is -2.43. The minimum atomic E-state index is -3.56. The van der Waals surface area contributed by atoms with Gasteiger partial charge in [0.15, 0.2) is 6.10 Å². The molecule has 1 amide bonds. The van der Waals surface area contributed by atoms with Gasteiger partial charge in [0, 0.05) is 13.1 Å². The van der Waals surface area contributed by atoms with Crippen molar-refractivity contribution in [3.05, 3.63) is 42.5 Å². The number of rotatable bonds is 5. The molecule has 1 fully saturated rings. The van der Waals surface area contributed by atoms with Crippen molar-refractivity contribution in [2.45, 2.75) is 6.10 Å². The van der Waals surface area contributed by atoms with Gasteiger partial charge in [0.05, 0.1) is 12.9 Å². The molecule has 0 spiro atoms. The zero-order chi connectivity index (χ0) is 15.5. The topological polar surface area (TPSA) is 72.9 Å². The lowest BCUT2D eigenvalue weighted by Gasteiger charge is -2.31. The third-order valence-electron chi connectivity index (χ3n) is 2.96. The molecule has 1 aromatic carbocycles. The lowest BCUT2D eigenvalue weighted by atomic mass is 10.1. The standard InChI is InChI=1S/C14H17NO5S/c1-3-8-15-9-10-19-13(14(15)16)11-4-6-12(7-5-11)20-21(2,17)18/h3-7,13H,1,8-10H2,2H3. The monoisotopic (exact) mass is 311 g/mol. The van der Waals surface area contributed by atoms with Crippen LogP contribution in [0.2, 0.25) is 0 Å². The molecule has 1 aliphatic rings. The van der Waals surface area contributed by atoms with Crippen LogP contribution in [0.25, 0.3) is 0 Å². The number of nitrogens with zero attached hydrogens (tertiary/aromatic N) is 1. The third-order valence-corrected chi connectivity index (χ3v) is 3.46. The van der Waals surface area contributed by atoms with Gasteiger partial charge in [0.2, 0.25) is 0 Å². The summed E-state index contributed by atoms with van der Waals surface area (Å²) in [5, 5.41) is 0. The van der Waals surface area contributed by atoms with Crippen LogP contribution >= 0.6 is 0 Å². The van der Waals surface area contributed by atoms with Gasteiger partial charge in [-0.15, -0.1) is 6.58 Å². The SMILES string of the molecule is C=CCN1CCOC(c2ccc(OS(C)(=O)=O)cc2)C1=O. The number of amides is 1. The Kier molecular flexibility index (Phi) is 4.64. The van der Waals surface area contributed by atoms with Gasteiger partial charge in [-0.25, -0.2) is 0 Å². The number of benzene rings is 1. The van der Waals surface area contributed by atoms with Crippen molar-refractivity contribution < 1.29 is 22.1 Å². The van der Waals surface area contributed by atoms with Crippen molar-refractivity contribution in [1.29, 1.82) is 0 Å². The molecule has 7 heteroatoms. The minimum Gasteiger partial charge on any atom is -0.383 e. The van der Waals surface area contributed by atoms with E-state index in [1.165, 1.54) is 12.1 Å². The summed E-state index contributed by atoms with van der Waals surface area (Å²) in [6.45, 7) is 5.09. The Morgan fingerprint density at radius 2 is 2.10 bits per heavy atom. The van der Waals surface area contributed by atoms with Gasteiger partial charge >= 0.3 is 10.1 Å². The van der Waals surface area contributed by atoms with Crippen molar-refractivity contribution in [2.75, 3.05) is 26.0 Å². The summed E-state index contributed by atoms with van der Waals surface area (Å²) in [4.78, 5) is 13.9. The van der Waals surface area contributed by atoms with E-state index in [1.54, 1.807) is 23.1 Å². The first-order valence-electron chi connectivity index (χ1n) is 6.41. The fraction of sp³-hybridized carbons (Fsp3) is 0.357. The van der Waals surface area contributed by atoms with Crippen molar-refractivity contribution in [3.63, 3.8) is 0 Å². The molecule has 0 radical (unpaired) electrons. The predicted molar refractivity (Wildman–Crippen MR) is 77.4 cm³/mol. The maximum Gasteiger partial charge on any atom is 0.306 e. The minimum absolute atomic E-state index is 0.127. The first kappa shape index (κ1) is 15.5. The van der Waals surface area contributed by atoms with Crippen LogP contribution in [-0.4, -0.2) is 45.2 Å². The molecular formula is C14H17NO5S. The molecule has 0 bridgehead atoms. The molecule has 1 saturated heterocycles. The fourth-order valence-corrected chi connectivity index (χ4v) is 2.54. The number of ether oxygens (including phenoxy) is 1. The first-order chi connectivity index (χ1) is 9.90. The zero-order valence-electron chi connectivity index (χ0n) is 11.7. The second-order valence-corrected chi connectivity index (χ2v) is 6.26. The molecule has 0 saturated carbocycles. The van der Waals surface area contributed by atoms with Crippen LogP contribution in [0.3, 0.4) is 0 Å². The summed E-state index contributed by atoms with van der Waals surface area (Å²) in [6.07, 6.45) is 1.97. The molecule has 6 nitrogen and oxygen atoms in total. The highest BCUT2D eigenvalue weighted by Gasteiger charge is 2.30. The van der Waals surface area contributed by atoms with Gasteiger partial charge in [-0.05, 0) is 17.7 Å². The van der Waals surface area contributed by atoms with Gasteiger partial charge in [-0.3, -0.25) is 4.79 Å². The Labute approximate surface area is 124 Å². The van der Waals surface area contributed by atoms with E-state index < -0.39 is 16.2 Å². The normalized spacial score (nSPS) is 19.4. The summed E-state index contributed by atoms with van der Waals surface area (Å²) >= 11 is 0. The largest absolute Gasteiger partial charge is 0.383 e. The Balaban J connectivity index is 2.14. The van der Waals surface area contributed by atoms with E-state index in [2.05, 4.69) is 6.58 Å². The maximum atomic E-state index is 12.3. The molecule has 1 aromatic rings. The second kappa shape index (κ2) is 6.28. The molecule has 0 aliphatic carbocycles. The number of hydrogen-bond acceptors (Lipinski definition) is 5. The van der Waals surface area contributed by atoms with Gasteiger partial charge in [0.1, 0.15) is 5.75 Å². The third kappa shape index (κ3) is 4.05. The van der Waals surface area contributed by atoms with Gasteiger partial charge in [-0.2, -0.15) is 8.42 Å². The average molecular weight is 311 g/mol. The van der Waals surface area contributed by atoms with Crippen LogP contribution in [0.4, 0.5) is 0 Å².